The average molecular weight is 1430 g/mol. The van der Waals surface area contributed by atoms with Crippen LogP contribution in [-0.2, 0) is 70.4 Å². The van der Waals surface area contributed by atoms with Gasteiger partial charge in [0.1, 0.15) is 66.5 Å². The lowest BCUT2D eigenvalue weighted by Crippen LogP contribution is -2.62. The van der Waals surface area contributed by atoms with Gasteiger partial charge >= 0.3 is 5.97 Å². The summed E-state index contributed by atoms with van der Waals surface area (Å²) in [6.07, 6.45) is 7.38. The molecule has 2 aliphatic heterocycles. The minimum atomic E-state index is -1.67. The van der Waals surface area contributed by atoms with Crippen LogP contribution >= 0.6 is 11.8 Å². The van der Waals surface area contributed by atoms with E-state index in [4.69, 9.17) is 28.7 Å². The molecule has 23 N–H and O–H groups in total. The number of carbonyl (C=O) groups is 12. The summed E-state index contributed by atoms with van der Waals surface area (Å²) in [6.45, 7) is 13.5. The lowest BCUT2D eigenvalue weighted by atomic mass is 10.0. The molecular weight excluding hydrogens is 1320 g/mol. The first-order valence-electron chi connectivity index (χ1n) is 33.8. The second-order valence-electron chi connectivity index (χ2n) is 26.4. The standard InChI is InChI=1S/C63H106N22O14S/c1-32(2)24-42(53(90)77-41(61(98)99)18-23-100-9)78-50(87)35(7)75-52(89)40(15-11-20-72-63(67)68)76-55(92)46-16-12-21-84(46)59(96)44(25-33(3)4)80-54(91)43(26-37-28-69-30-73-37)79-56(93)47-17-13-22-85(47)60(97)45(27-38-29-70-31-74-38)81-58(95)49(36(8)86)83-57(94)48(34(5)6)82-51(88)39(64)14-10-19-71-62(65)66/h28-36,39-49,86H,10-27,64H2,1-9H3,(H,69,73)(H,70,74)(H,75,89)(H,76,92)(H,77,90)(H,78,87)(H,79,93)(H,80,91)(H,81,95)(H,82,88)(H,83,94)(H,98,99)(H4,65,66,71)(H4,67,68,72)/t35-,36+,39-,40-,41-,42-,43-,44-,45-,46-,47-,48-,49-/m0/s1. The van der Waals surface area contributed by atoms with Crippen LogP contribution in [0.15, 0.2) is 35.0 Å². The van der Waals surface area contributed by atoms with Crippen molar-refractivity contribution in [3.05, 3.63) is 36.4 Å². The maximum atomic E-state index is 14.9. The third kappa shape index (κ3) is 27.2. The zero-order chi connectivity index (χ0) is 74.5. The van der Waals surface area contributed by atoms with E-state index in [0.717, 1.165) is 0 Å². The highest BCUT2D eigenvalue weighted by molar-refractivity contribution is 7.98. The summed E-state index contributed by atoms with van der Waals surface area (Å²) in [4.78, 5) is 193. The number of aromatic nitrogens is 4. The molecular formula is C63H106N22O14S. The SMILES string of the molecule is CSCC[C@H](NC(=O)[C@H](CC(C)C)NC(=O)[C@H](C)NC(=O)[C@H](CCCN=C(N)N)NC(=O)[C@@H]1CCCN1C(=O)[C@H](CC(C)C)NC(=O)[C@H](Cc1cnc[nH]1)NC(=O)[C@@H]1CCCN1C(=O)[C@H](Cc1cnc[nH]1)NC(=O)[C@@H](NC(=O)[C@@H](NC(=O)[C@@H](N)CCCN=C(N)N)C(C)C)[C@@H](C)O)C(=O)O. The normalized spacial score (nSPS) is 17.7. The molecule has 4 heterocycles. The molecule has 13 atom stereocenters. The summed E-state index contributed by atoms with van der Waals surface area (Å²) in [5.74, 6) is -10.5. The van der Waals surface area contributed by atoms with Crippen LogP contribution in [0.5, 0.6) is 0 Å². The number of aromatic amines is 2. The molecule has 2 aromatic rings. The van der Waals surface area contributed by atoms with Gasteiger partial charge in [-0.25, -0.2) is 14.8 Å². The molecule has 0 radical (unpaired) electrons. The number of aliphatic hydroxyl groups excluding tert-OH is 1. The van der Waals surface area contributed by atoms with Crippen LogP contribution < -0.4 is 76.5 Å². The number of amides is 11. The van der Waals surface area contributed by atoms with Gasteiger partial charge in [-0.1, -0.05) is 41.5 Å². The number of H-pyrrole nitrogens is 2. The monoisotopic (exact) mass is 1430 g/mol. The Morgan fingerprint density at radius 2 is 1.00 bits per heavy atom. The molecule has 0 aliphatic carbocycles. The molecule has 0 saturated carbocycles. The molecule has 11 amide bonds. The number of thioether (sulfide) groups is 1. The van der Waals surface area contributed by atoms with Crippen LogP contribution in [0, 0.1) is 17.8 Å². The average Bonchev–Trinajstić information content (AvgIpc) is 1.60. The van der Waals surface area contributed by atoms with Gasteiger partial charge in [0, 0.05) is 62.8 Å². The number of likely N-dealkylation sites (tertiary alicyclic amines) is 2. The molecule has 4 rings (SSSR count). The van der Waals surface area contributed by atoms with Crippen molar-refractivity contribution in [1.29, 1.82) is 0 Å². The first kappa shape index (κ1) is 83.3. The number of imidazole rings is 2. The molecule has 2 aromatic heterocycles. The summed E-state index contributed by atoms with van der Waals surface area (Å²) in [7, 11) is 0. The van der Waals surface area contributed by atoms with E-state index in [2.05, 4.69) is 77.8 Å². The molecule has 2 aliphatic rings. The zero-order valence-corrected chi connectivity index (χ0v) is 59.4. The van der Waals surface area contributed by atoms with Crippen molar-refractivity contribution in [2.24, 2.45) is 56.4 Å². The molecule has 100 heavy (non-hydrogen) atoms. The number of nitrogens with zero attached hydrogens (tertiary/aromatic N) is 6. The highest BCUT2D eigenvalue weighted by atomic mass is 32.2. The van der Waals surface area contributed by atoms with E-state index in [1.54, 1.807) is 20.1 Å². The minimum absolute atomic E-state index is 0.0276. The van der Waals surface area contributed by atoms with Crippen LogP contribution in [0.4, 0.5) is 0 Å². The van der Waals surface area contributed by atoms with Gasteiger partial charge in [0.15, 0.2) is 11.9 Å². The Morgan fingerprint density at radius 1 is 0.550 bits per heavy atom. The number of nitrogens with two attached hydrogens (primary N) is 5. The fourth-order valence-electron chi connectivity index (χ4n) is 11.4. The molecule has 0 spiro atoms. The van der Waals surface area contributed by atoms with E-state index in [1.165, 1.54) is 60.5 Å². The quantitative estimate of drug-likeness (QED) is 0.0170. The molecule has 0 aromatic carbocycles. The van der Waals surface area contributed by atoms with E-state index in [9.17, 15) is 67.7 Å². The Hall–Kier alpha value is -9.13. The van der Waals surface area contributed by atoms with Crippen LogP contribution in [0.2, 0.25) is 0 Å². The van der Waals surface area contributed by atoms with Gasteiger partial charge in [0.2, 0.25) is 65.0 Å². The van der Waals surface area contributed by atoms with Gasteiger partial charge in [-0.05, 0) is 114 Å². The Morgan fingerprint density at radius 3 is 1.49 bits per heavy atom. The number of carboxylic acid groups (broad SMARTS) is 1. The first-order chi connectivity index (χ1) is 47.2. The summed E-state index contributed by atoms with van der Waals surface area (Å²) in [5.41, 5.74) is 28.8. The highest BCUT2D eigenvalue weighted by Gasteiger charge is 2.44. The van der Waals surface area contributed by atoms with Crippen LogP contribution in [0.3, 0.4) is 0 Å². The van der Waals surface area contributed by atoms with Crippen molar-refractivity contribution >= 4 is 94.6 Å². The zero-order valence-electron chi connectivity index (χ0n) is 58.5. The van der Waals surface area contributed by atoms with Crippen LogP contribution in [-0.4, -0.2) is 240 Å². The van der Waals surface area contributed by atoms with E-state index < -0.39 is 155 Å². The number of hydrogen-bond acceptors (Lipinski definition) is 19. The Labute approximate surface area is 586 Å². The van der Waals surface area contributed by atoms with Gasteiger partial charge in [-0.2, -0.15) is 11.8 Å². The van der Waals surface area contributed by atoms with Crippen molar-refractivity contribution < 1.29 is 67.7 Å². The van der Waals surface area contributed by atoms with Gasteiger partial charge < -0.3 is 107 Å². The number of hydrogen-bond donors (Lipinski definition) is 18. The summed E-state index contributed by atoms with van der Waals surface area (Å²) in [5, 5.41) is 44.6. The van der Waals surface area contributed by atoms with Crippen molar-refractivity contribution in [3.8, 4) is 0 Å². The molecule has 2 saturated heterocycles. The van der Waals surface area contributed by atoms with E-state index in [1.807, 2.05) is 27.7 Å². The molecule has 0 unspecified atom stereocenters. The molecule has 0 bridgehead atoms. The van der Waals surface area contributed by atoms with Gasteiger partial charge in [0.25, 0.3) is 0 Å². The third-order valence-corrected chi connectivity index (χ3v) is 17.4. The number of nitrogens with one attached hydrogen (secondary N) is 11. The summed E-state index contributed by atoms with van der Waals surface area (Å²) < 4.78 is 0. The summed E-state index contributed by atoms with van der Waals surface area (Å²) >= 11 is 1.40. The summed E-state index contributed by atoms with van der Waals surface area (Å²) in [6, 6.07) is -15.4. The van der Waals surface area contributed by atoms with Gasteiger partial charge in [-0.15, -0.1) is 0 Å². The fourth-order valence-corrected chi connectivity index (χ4v) is 11.9. The van der Waals surface area contributed by atoms with Crippen molar-refractivity contribution in [1.82, 2.24) is 77.6 Å². The minimum Gasteiger partial charge on any atom is -0.480 e. The van der Waals surface area contributed by atoms with Gasteiger partial charge in [-0.3, -0.25) is 62.7 Å². The number of aliphatic imine (C=N–C) groups is 2. The number of carbonyl (C=O) groups excluding carboxylic acids is 11. The number of guanidine groups is 2. The van der Waals surface area contributed by atoms with Crippen molar-refractivity contribution in [2.45, 2.75) is 217 Å². The third-order valence-electron chi connectivity index (χ3n) is 16.7. The number of carboxylic acids is 1. The van der Waals surface area contributed by atoms with Gasteiger partial charge in [0.05, 0.1) is 24.8 Å². The van der Waals surface area contributed by atoms with Crippen molar-refractivity contribution in [3.63, 3.8) is 0 Å². The van der Waals surface area contributed by atoms with E-state index in [0.29, 0.717) is 36.4 Å². The lowest BCUT2D eigenvalue weighted by molar-refractivity contribution is -0.144. The molecule has 36 nitrogen and oxygen atoms in total. The molecule has 37 heteroatoms. The smallest absolute Gasteiger partial charge is 0.326 e. The lowest BCUT2D eigenvalue weighted by Gasteiger charge is -2.32. The fraction of sp³-hybridized carbons (Fsp3) is 0.683. The maximum absolute atomic E-state index is 14.9. The molecule has 558 valence electrons. The molecule has 2 fully saturated rings. The van der Waals surface area contributed by atoms with Crippen LogP contribution in [0.1, 0.15) is 137 Å². The second-order valence-corrected chi connectivity index (χ2v) is 27.4. The number of rotatable bonds is 42. The Kier molecular flexibility index (Phi) is 34.5. The van der Waals surface area contributed by atoms with Crippen LogP contribution in [0.25, 0.3) is 0 Å². The highest BCUT2D eigenvalue weighted by Crippen LogP contribution is 2.24. The first-order valence-corrected chi connectivity index (χ1v) is 35.2. The topological polar surface area (TPSA) is 572 Å². The predicted molar refractivity (Wildman–Crippen MR) is 371 cm³/mol. The largest absolute Gasteiger partial charge is 0.480 e. The number of aliphatic carboxylic acids is 1. The van der Waals surface area contributed by atoms with E-state index >= 15 is 0 Å². The number of aliphatic hydroxyl groups is 1. The predicted octanol–water partition coefficient (Wildman–Crippen LogP) is -4.32. The van der Waals surface area contributed by atoms with E-state index in [-0.39, 0.29) is 114 Å². The van der Waals surface area contributed by atoms with Crippen molar-refractivity contribution in [2.75, 3.05) is 38.2 Å². The Bertz CT molecular complexity index is 3110. The Balaban J connectivity index is 1.54. The maximum Gasteiger partial charge on any atom is 0.326 e. The second kappa shape index (κ2) is 41.4.